The lowest BCUT2D eigenvalue weighted by atomic mass is 10.3. The van der Waals surface area contributed by atoms with E-state index in [0.717, 1.165) is 16.8 Å². The summed E-state index contributed by atoms with van der Waals surface area (Å²) in [6, 6.07) is 10.3. The van der Waals surface area contributed by atoms with Crippen molar-refractivity contribution in [1.82, 2.24) is 10.2 Å². The number of halogens is 1. The summed E-state index contributed by atoms with van der Waals surface area (Å²) in [6.07, 6.45) is 0. The molecule has 1 N–H and O–H groups in total. The summed E-state index contributed by atoms with van der Waals surface area (Å²) in [6.45, 7) is 1.93. The summed E-state index contributed by atoms with van der Waals surface area (Å²) >= 11 is 6.85. The molecule has 0 fully saturated rings. The Morgan fingerprint density at radius 2 is 2.09 bits per heavy atom. The average Bonchev–Trinajstić information content (AvgIpc) is 2.98. The number of carbonyl (C=O) groups is 1. The predicted molar refractivity (Wildman–Crippen MR) is 98.5 cm³/mol. The van der Waals surface area contributed by atoms with Gasteiger partial charge in [-0.3, -0.25) is 9.69 Å². The number of hydrogen-bond donors (Lipinski definition) is 1. The minimum absolute atomic E-state index is 0.0779. The molecule has 0 saturated carbocycles. The number of likely N-dealkylation sites (N-methyl/N-ethyl adjacent to an activating group) is 1. The number of carbonyl (C=O) groups excluding carboxylic acids is 1. The molecule has 6 heteroatoms. The largest absolute Gasteiger partial charge is 0.354 e. The first kappa shape index (κ1) is 17.5. The molecule has 22 heavy (non-hydrogen) atoms. The fourth-order valence-corrected chi connectivity index (χ4v) is 3.63. The first-order valence-corrected chi connectivity index (χ1v) is 9.70. The summed E-state index contributed by atoms with van der Waals surface area (Å²) in [5.74, 6) is 0.955. The van der Waals surface area contributed by atoms with Crippen LogP contribution in [0.5, 0.6) is 0 Å². The zero-order chi connectivity index (χ0) is 15.8. The van der Waals surface area contributed by atoms with E-state index >= 15 is 0 Å². The van der Waals surface area contributed by atoms with Crippen molar-refractivity contribution in [3.63, 3.8) is 0 Å². The van der Waals surface area contributed by atoms with Crippen LogP contribution in [0.15, 0.2) is 50.5 Å². The highest BCUT2D eigenvalue weighted by Crippen LogP contribution is 2.19. The fourth-order valence-electron chi connectivity index (χ4n) is 1.94. The highest BCUT2D eigenvalue weighted by molar-refractivity contribution is 9.10. The molecule has 1 heterocycles. The van der Waals surface area contributed by atoms with Crippen molar-refractivity contribution in [2.75, 3.05) is 25.9 Å². The van der Waals surface area contributed by atoms with Gasteiger partial charge in [0.2, 0.25) is 5.91 Å². The van der Waals surface area contributed by atoms with Crippen molar-refractivity contribution in [2.24, 2.45) is 0 Å². The lowest BCUT2D eigenvalue weighted by Gasteiger charge is -2.15. The molecule has 0 radical (unpaired) electrons. The maximum absolute atomic E-state index is 11.9. The molecule has 0 aliphatic carbocycles. The monoisotopic (exact) mass is 398 g/mol. The van der Waals surface area contributed by atoms with E-state index in [1.165, 1.54) is 10.5 Å². The zero-order valence-electron chi connectivity index (χ0n) is 12.4. The highest BCUT2D eigenvalue weighted by atomic mass is 79.9. The molecular weight excluding hydrogens is 380 g/mol. The van der Waals surface area contributed by atoms with Crippen molar-refractivity contribution in [1.29, 1.82) is 0 Å². The van der Waals surface area contributed by atoms with Crippen molar-refractivity contribution in [3.8, 4) is 0 Å². The van der Waals surface area contributed by atoms with Gasteiger partial charge in [0.15, 0.2) is 0 Å². The quantitative estimate of drug-likeness (QED) is 0.541. The molecule has 0 saturated heterocycles. The Morgan fingerprint density at radius 1 is 1.32 bits per heavy atom. The lowest BCUT2D eigenvalue weighted by molar-refractivity contribution is -0.121. The van der Waals surface area contributed by atoms with E-state index < -0.39 is 0 Å². The van der Waals surface area contributed by atoms with Crippen molar-refractivity contribution < 1.29 is 4.79 Å². The van der Waals surface area contributed by atoms with Gasteiger partial charge >= 0.3 is 0 Å². The number of rotatable bonds is 8. The van der Waals surface area contributed by atoms with Gasteiger partial charge in [0.1, 0.15) is 0 Å². The van der Waals surface area contributed by atoms with E-state index in [1.807, 2.05) is 24.1 Å². The number of thiophene rings is 1. The normalized spacial score (nSPS) is 10.9. The Morgan fingerprint density at radius 3 is 2.77 bits per heavy atom. The minimum Gasteiger partial charge on any atom is -0.354 e. The predicted octanol–water partition coefficient (Wildman–Crippen LogP) is 3.85. The van der Waals surface area contributed by atoms with E-state index in [0.29, 0.717) is 13.1 Å². The van der Waals surface area contributed by atoms with Gasteiger partial charge in [0, 0.05) is 28.2 Å². The van der Waals surface area contributed by atoms with E-state index in [4.69, 9.17) is 0 Å². The third-order valence-corrected chi connectivity index (χ3v) is 5.23. The molecule has 0 unspecified atom stereocenters. The first-order chi connectivity index (χ1) is 10.6. The molecular formula is C16H19BrN2OS2. The standard InChI is InChI=1S/C16H19BrN2OS2/c1-19(10-13-6-8-21-12-13)11-16(20)18-7-9-22-15-4-2-14(17)3-5-15/h2-6,8,12H,7,9-11H2,1H3,(H,18,20). The maximum Gasteiger partial charge on any atom is 0.234 e. The van der Waals surface area contributed by atoms with Crippen LogP contribution in [-0.4, -0.2) is 36.7 Å². The molecule has 1 aromatic heterocycles. The zero-order valence-corrected chi connectivity index (χ0v) is 15.6. The molecule has 0 spiro atoms. The molecule has 3 nitrogen and oxygen atoms in total. The molecule has 0 bridgehead atoms. The van der Waals surface area contributed by atoms with Crippen molar-refractivity contribution in [2.45, 2.75) is 11.4 Å². The van der Waals surface area contributed by atoms with Gasteiger partial charge in [-0.1, -0.05) is 15.9 Å². The second-order valence-electron chi connectivity index (χ2n) is 4.96. The van der Waals surface area contributed by atoms with Crippen molar-refractivity contribution >= 4 is 44.9 Å². The molecule has 0 aliphatic rings. The smallest absolute Gasteiger partial charge is 0.234 e. The van der Waals surface area contributed by atoms with Gasteiger partial charge in [0.05, 0.1) is 6.54 Å². The van der Waals surface area contributed by atoms with Gasteiger partial charge in [0.25, 0.3) is 0 Å². The summed E-state index contributed by atoms with van der Waals surface area (Å²) < 4.78 is 1.08. The van der Waals surface area contributed by atoms with Gasteiger partial charge in [-0.15, -0.1) is 11.8 Å². The molecule has 1 amide bonds. The van der Waals surface area contributed by atoms with E-state index in [2.05, 4.69) is 50.2 Å². The third kappa shape index (κ3) is 6.52. The Balaban J connectivity index is 1.60. The Kier molecular flexibility index (Phi) is 7.45. The fraction of sp³-hybridized carbons (Fsp3) is 0.312. The van der Waals surface area contributed by atoms with Crippen molar-refractivity contribution in [3.05, 3.63) is 51.1 Å². The van der Waals surface area contributed by atoms with Crippen LogP contribution in [-0.2, 0) is 11.3 Å². The van der Waals surface area contributed by atoms with Crippen LogP contribution in [0.1, 0.15) is 5.56 Å². The van der Waals surface area contributed by atoms with Gasteiger partial charge in [-0.2, -0.15) is 11.3 Å². The highest BCUT2D eigenvalue weighted by Gasteiger charge is 2.07. The number of nitrogens with zero attached hydrogens (tertiary/aromatic N) is 1. The van der Waals surface area contributed by atoms with Crippen LogP contribution >= 0.6 is 39.0 Å². The topological polar surface area (TPSA) is 32.3 Å². The summed E-state index contributed by atoms with van der Waals surface area (Å²) in [4.78, 5) is 15.1. The summed E-state index contributed by atoms with van der Waals surface area (Å²) in [5, 5.41) is 7.14. The molecule has 118 valence electrons. The number of amides is 1. The van der Waals surface area contributed by atoms with Crippen LogP contribution in [0.2, 0.25) is 0 Å². The summed E-state index contributed by atoms with van der Waals surface area (Å²) in [7, 11) is 1.97. The van der Waals surface area contributed by atoms with Crippen LogP contribution in [0, 0.1) is 0 Å². The van der Waals surface area contributed by atoms with E-state index in [1.54, 1.807) is 23.1 Å². The van der Waals surface area contributed by atoms with Crippen LogP contribution in [0.25, 0.3) is 0 Å². The first-order valence-electron chi connectivity index (χ1n) is 6.98. The lowest BCUT2D eigenvalue weighted by Crippen LogP contribution is -2.35. The summed E-state index contributed by atoms with van der Waals surface area (Å²) in [5.41, 5.74) is 1.26. The minimum atomic E-state index is 0.0779. The number of thioether (sulfide) groups is 1. The molecule has 2 rings (SSSR count). The van der Waals surface area contributed by atoms with Gasteiger partial charge < -0.3 is 5.32 Å². The third-order valence-electron chi connectivity index (χ3n) is 2.95. The Hall–Kier alpha value is -0.820. The number of nitrogens with one attached hydrogen (secondary N) is 1. The Labute approximate surface area is 148 Å². The molecule has 0 atom stereocenters. The average molecular weight is 399 g/mol. The second kappa shape index (κ2) is 9.35. The van der Waals surface area contributed by atoms with Gasteiger partial charge in [-0.05, 0) is 53.7 Å². The molecule has 1 aromatic carbocycles. The van der Waals surface area contributed by atoms with Gasteiger partial charge in [-0.25, -0.2) is 0 Å². The van der Waals surface area contributed by atoms with E-state index in [9.17, 15) is 4.79 Å². The number of hydrogen-bond acceptors (Lipinski definition) is 4. The molecule has 2 aromatic rings. The SMILES string of the molecule is CN(CC(=O)NCCSc1ccc(Br)cc1)Cc1ccsc1. The van der Waals surface area contributed by atoms with E-state index in [-0.39, 0.29) is 5.91 Å². The van der Waals surface area contributed by atoms with Crippen LogP contribution in [0.3, 0.4) is 0 Å². The number of benzene rings is 1. The van der Waals surface area contributed by atoms with Crippen LogP contribution < -0.4 is 5.32 Å². The molecule has 0 aliphatic heterocycles. The maximum atomic E-state index is 11.9. The second-order valence-corrected chi connectivity index (χ2v) is 7.82. The Bertz CT molecular complexity index is 572. The van der Waals surface area contributed by atoms with Crippen LogP contribution in [0.4, 0.5) is 0 Å².